The second kappa shape index (κ2) is 7.87. The van der Waals surface area contributed by atoms with Crippen molar-refractivity contribution in [3.63, 3.8) is 0 Å². The van der Waals surface area contributed by atoms with Gasteiger partial charge in [-0.25, -0.2) is 0 Å². The van der Waals surface area contributed by atoms with E-state index in [1.54, 1.807) is 7.11 Å². The van der Waals surface area contributed by atoms with Crippen LogP contribution in [-0.2, 0) is 11.3 Å². The average molecular weight is 297 g/mol. The summed E-state index contributed by atoms with van der Waals surface area (Å²) in [5.74, 6) is 0. The molecule has 3 nitrogen and oxygen atoms in total. The standard InChI is InChI=1S/C16H25ClN2O/c1-3-8-18-11-13-6-7-14(10-16(13)17)19-9-4-5-15(12-19)20-2/h6-7,10,15,18H,3-5,8-9,11-12H2,1-2H3. The molecule has 1 aromatic carbocycles. The molecule has 1 unspecified atom stereocenters. The Hall–Kier alpha value is -0.770. The minimum absolute atomic E-state index is 0.341. The first kappa shape index (κ1) is 15.6. The number of ether oxygens (including phenoxy) is 1. The number of halogens is 1. The molecule has 0 radical (unpaired) electrons. The normalized spacial score (nSPS) is 19.4. The summed E-state index contributed by atoms with van der Waals surface area (Å²) in [6, 6.07) is 6.40. The molecule has 0 aliphatic carbocycles. The van der Waals surface area contributed by atoms with E-state index in [4.69, 9.17) is 16.3 Å². The van der Waals surface area contributed by atoms with Gasteiger partial charge in [0.15, 0.2) is 0 Å². The number of hydrogen-bond donors (Lipinski definition) is 1. The first-order valence-corrected chi connectivity index (χ1v) is 7.89. The molecule has 1 atom stereocenters. The predicted molar refractivity (Wildman–Crippen MR) is 85.7 cm³/mol. The van der Waals surface area contributed by atoms with Crippen molar-refractivity contribution in [1.82, 2.24) is 5.32 Å². The van der Waals surface area contributed by atoms with E-state index in [-0.39, 0.29) is 0 Å². The number of methoxy groups -OCH3 is 1. The Bertz CT molecular complexity index is 425. The lowest BCUT2D eigenvalue weighted by Crippen LogP contribution is -2.39. The van der Waals surface area contributed by atoms with Crippen LogP contribution >= 0.6 is 11.6 Å². The van der Waals surface area contributed by atoms with Gasteiger partial charge in [-0.05, 0) is 43.5 Å². The van der Waals surface area contributed by atoms with E-state index in [0.717, 1.165) is 44.0 Å². The molecule has 1 fully saturated rings. The molecule has 0 aromatic heterocycles. The Morgan fingerprint density at radius 1 is 1.45 bits per heavy atom. The van der Waals surface area contributed by atoms with E-state index < -0.39 is 0 Å². The lowest BCUT2D eigenvalue weighted by Gasteiger charge is -2.33. The van der Waals surface area contributed by atoms with Gasteiger partial charge in [0.2, 0.25) is 0 Å². The van der Waals surface area contributed by atoms with Gasteiger partial charge in [-0.1, -0.05) is 24.6 Å². The van der Waals surface area contributed by atoms with E-state index >= 15 is 0 Å². The fourth-order valence-electron chi connectivity index (χ4n) is 2.64. The minimum Gasteiger partial charge on any atom is -0.380 e. The molecule has 1 aromatic rings. The Labute approximate surface area is 127 Å². The van der Waals surface area contributed by atoms with Gasteiger partial charge in [0.25, 0.3) is 0 Å². The molecule has 1 N–H and O–H groups in total. The summed E-state index contributed by atoms with van der Waals surface area (Å²) < 4.78 is 5.48. The Morgan fingerprint density at radius 3 is 3.00 bits per heavy atom. The highest BCUT2D eigenvalue weighted by Crippen LogP contribution is 2.26. The maximum absolute atomic E-state index is 6.40. The van der Waals surface area contributed by atoms with Crippen LogP contribution < -0.4 is 10.2 Å². The number of nitrogens with zero attached hydrogens (tertiary/aromatic N) is 1. The van der Waals surface area contributed by atoms with Crippen molar-refractivity contribution in [2.75, 3.05) is 31.6 Å². The molecule has 2 rings (SSSR count). The van der Waals surface area contributed by atoms with E-state index in [2.05, 4.69) is 35.3 Å². The fraction of sp³-hybridized carbons (Fsp3) is 0.625. The van der Waals surface area contributed by atoms with Gasteiger partial charge in [0.1, 0.15) is 0 Å². The lowest BCUT2D eigenvalue weighted by molar-refractivity contribution is 0.0893. The summed E-state index contributed by atoms with van der Waals surface area (Å²) in [7, 11) is 1.80. The maximum Gasteiger partial charge on any atom is 0.0746 e. The first-order valence-electron chi connectivity index (χ1n) is 7.51. The van der Waals surface area contributed by atoms with Crippen LogP contribution in [-0.4, -0.2) is 32.8 Å². The van der Waals surface area contributed by atoms with E-state index in [1.165, 1.54) is 17.7 Å². The molecular weight excluding hydrogens is 272 g/mol. The third-order valence-electron chi connectivity index (χ3n) is 3.86. The Morgan fingerprint density at radius 2 is 2.30 bits per heavy atom. The highest BCUT2D eigenvalue weighted by molar-refractivity contribution is 6.31. The third kappa shape index (κ3) is 4.11. The highest BCUT2D eigenvalue weighted by Gasteiger charge is 2.20. The fourth-order valence-corrected chi connectivity index (χ4v) is 2.88. The second-order valence-corrected chi connectivity index (χ2v) is 5.81. The molecule has 1 aliphatic rings. The van der Waals surface area contributed by atoms with Crippen molar-refractivity contribution in [2.45, 2.75) is 38.8 Å². The first-order chi connectivity index (χ1) is 9.74. The monoisotopic (exact) mass is 296 g/mol. The number of hydrogen-bond acceptors (Lipinski definition) is 3. The molecule has 112 valence electrons. The number of piperidine rings is 1. The van der Waals surface area contributed by atoms with Crippen LogP contribution in [0.2, 0.25) is 5.02 Å². The molecular formula is C16H25ClN2O. The smallest absolute Gasteiger partial charge is 0.0746 e. The van der Waals surface area contributed by atoms with Gasteiger partial charge in [-0.3, -0.25) is 0 Å². The van der Waals surface area contributed by atoms with Gasteiger partial charge in [0.05, 0.1) is 6.10 Å². The topological polar surface area (TPSA) is 24.5 Å². The lowest BCUT2D eigenvalue weighted by atomic mass is 10.1. The zero-order valence-electron chi connectivity index (χ0n) is 12.5. The number of benzene rings is 1. The SMILES string of the molecule is CCCNCc1ccc(N2CCCC(OC)C2)cc1Cl. The minimum atomic E-state index is 0.341. The Balaban J connectivity index is 2.00. The van der Waals surface area contributed by atoms with Gasteiger partial charge < -0.3 is 15.0 Å². The molecule has 0 bridgehead atoms. The van der Waals surface area contributed by atoms with Crippen molar-refractivity contribution >= 4 is 17.3 Å². The average Bonchev–Trinajstić information content (AvgIpc) is 2.49. The largest absolute Gasteiger partial charge is 0.380 e. The van der Waals surface area contributed by atoms with E-state index in [1.807, 2.05) is 0 Å². The quantitative estimate of drug-likeness (QED) is 0.814. The van der Waals surface area contributed by atoms with Crippen molar-refractivity contribution in [2.24, 2.45) is 0 Å². The van der Waals surface area contributed by atoms with Crippen molar-refractivity contribution in [3.8, 4) is 0 Å². The van der Waals surface area contributed by atoms with Crippen molar-refractivity contribution in [1.29, 1.82) is 0 Å². The zero-order chi connectivity index (χ0) is 14.4. The van der Waals surface area contributed by atoms with Crippen LogP contribution in [0.1, 0.15) is 31.7 Å². The molecule has 1 saturated heterocycles. The molecule has 0 spiro atoms. The summed E-state index contributed by atoms with van der Waals surface area (Å²) in [5.41, 5.74) is 2.38. The van der Waals surface area contributed by atoms with Gasteiger partial charge in [0, 0.05) is 37.5 Å². The van der Waals surface area contributed by atoms with E-state index in [9.17, 15) is 0 Å². The van der Waals surface area contributed by atoms with Crippen molar-refractivity contribution < 1.29 is 4.74 Å². The summed E-state index contributed by atoms with van der Waals surface area (Å²) in [6.07, 6.45) is 3.81. The number of nitrogens with one attached hydrogen (secondary N) is 1. The van der Waals surface area contributed by atoms with Crippen LogP contribution in [0.3, 0.4) is 0 Å². The highest BCUT2D eigenvalue weighted by atomic mass is 35.5. The zero-order valence-corrected chi connectivity index (χ0v) is 13.2. The molecule has 1 aliphatic heterocycles. The van der Waals surface area contributed by atoms with Gasteiger partial charge in [-0.15, -0.1) is 0 Å². The van der Waals surface area contributed by atoms with Gasteiger partial charge in [-0.2, -0.15) is 0 Å². The van der Waals surface area contributed by atoms with Crippen LogP contribution in [0.5, 0.6) is 0 Å². The summed E-state index contributed by atoms with van der Waals surface area (Å²) in [6.45, 7) is 6.08. The van der Waals surface area contributed by atoms with Crippen LogP contribution in [0.25, 0.3) is 0 Å². The summed E-state index contributed by atoms with van der Waals surface area (Å²) in [4.78, 5) is 2.37. The van der Waals surface area contributed by atoms with Crippen LogP contribution in [0.15, 0.2) is 18.2 Å². The van der Waals surface area contributed by atoms with Gasteiger partial charge >= 0.3 is 0 Å². The number of rotatable bonds is 6. The van der Waals surface area contributed by atoms with Crippen LogP contribution in [0.4, 0.5) is 5.69 Å². The third-order valence-corrected chi connectivity index (χ3v) is 4.21. The summed E-state index contributed by atoms with van der Waals surface area (Å²) in [5, 5.41) is 4.24. The maximum atomic E-state index is 6.40. The summed E-state index contributed by atoms with van der Waals surface area (Å²) >= 11 is 6.40. The second-order valence-electron chi connectivity index (χ2n) is 5.40. The molecule has 20 heavy (non-hydrogen) atoms. The molecule has 0 saturated carbocycles. The number of anilines is 1. The van der Waals surface area contributed by atoms with E-state index in [0.29, 0.717) is 6.10 Å². The predicted octanol–water partition coefficient (Wildman–Crippen LogP) is 3.45. The molecule has 1 heterocycles. The van der Waals surface area contributed by atoms with Crippen molar-refractivity contribution in [3.05, 3.63) is 28.8 Å². The molecule has 4 heteroatoms. The Kier molecular flexibility index (Phi) is 6.14. The molecule has 0 amide bonds. The van der Waals surface area contributed by atoms with Crippen LogP contribution in [0, 0.1) is 0 Å².